The van der Waals surface area contributed by atoms with Crippen LogP contribution in [0.5, 0.6) is 5.75 Å². The van der Waals surface area contributed by atoms with E-state index >= 15 is 0 Å². The molecule has 1 amide bonds. The van der Waals surface area contributed by atoms with Gasteiger partial charge in [0.1, 0.15) is 24.0 Å². The molecule has 1 aromatic carbocycles. The molecule has 2 aromatic heterocycles. The number of rotatable bonds is 2. The lowest BCUT2D eigenvalue weighted by Gasteiger charge is -2.35. The van der Waals surface area contributed by atoms with E-state index in [1.54, 1.807) is 0 Å². The minimum atomic E-state index is -3.48. The van der Waals surface area contributed by atoms with Crippen LogP contribution in [0.3, 0.4) is 0 Å². The van der Waals surface area contributed by atoms with E-state index in [-0.39, 0.29) is 31.6 Å². The molecule has 11 nitrogen and oxygen atoms in total. The number of aryl methyl sites for hydroxylation is 1. The van der Waals surface area contributed by atoms with Gasteiger partial charge >= 0.3 is 0 Å². The van der Waals surface area contributed by atoms with Crippen molar-refractivity contribution < 1.29 is 17.9 Å². The molecule has 0 radical (unpaired) electrons. The Morgan fingerprint density at radius 1 is 0.975 bits per heavy atom. The molecule has 214 valence electrons. The number of amides is 1. The maximum atomic E-state index is 14.1. The summed E-state index contributed by atoms with van der Waals surface area (Å²) in [4.78, 5) is 25.2. The van der Waals surface area contributed by atoms with Gasteiger partial charge in [0.15, 0.2) is 5.65 Å². The Hall–Kier alpha value is -3.38. The third-order valence-corrected chi connectivity index (χ3v) is 9.51. The molecule has 12 heteroatoms. The Labute approximate surface area is 235 Å². The highest BCUT2D eigenvalue weighted by molar-refractivity contribution is 7.88. The van der Waals surface area contributed by atoms with E-state index in [1.807, 2.05) is 58.6 Å². The summed E-state index contributed by atoms with van der Waals surface area (Å²) in [5.41, 5.74) is 2.99. The summed E-state index contributed by atoms with van der Waals surface area (Å²) in [6.07, 6.45) is 5.11. The first kappa shape index (κ1) is 26.8. The van der Waals surface area contributed by atoms with E-state index < -0.39 is 10.0 Å². The van der Waals surface area contributed by atoms with E-state index in [0.29, 0.717) is 24.4 Å². The van der Waals surface area contributed by atoms with Crippen LogP contribution in [0, 0.1) is 6.92 Å². The lowest BCUT2D eigenvalue weighted by atomic mass is 9.97. The van der Waals surface area contributed by atoms with Crippen LogP contribution in [0.2, 0.25) is 0 Å². The van der Waals surface area contributed by atoms with E-state index in [2.05, 4.69) is 4.90 Å². The smallest absolute Gasteiger partial charge is 0.258 e. The number of aromatic nitrogens is 3. The quantitative estimate of drug-likeness (QED) is 0.466. The van der Waals surface area contributed by atoms with Crippen molar-refractivity contribution in [2.45, 2.75) is 38.6 Å². The number of nitrogens with zero attached hydrogens (tertiary/aromatic N) is 7. The Morgan fingerprint density at radius 3 is 2.55 bits per heavy atom. The Morgan fingerprint density at radius 2 is 1.80 bits per heavy atom. The summed E-state index contributed by atoms with van der Waals surface area (Å²) in [6.45, 7) is 5.56. The number of benzene rings is 1. The predicted molar refractivity (Wildman–Crippen MR) is 154 cm³/mol. The van der Waals surface area contributed by atoms with E-state index in [9.17, 15) is 13.2 Å². The van der Waals surface area contributed by atoms with Gasteiger partial charge in [-0.2, -0.15) is 13.9 Å². The van der Waals surface area contributed by atoms with Gasteiger partial charge in [0.05, 0.1) is 23.6 Å². The molecule has 2 bridgehead atoms. The number of fused-ring (bicyclic) bond motifs is 4. The summed E-state index contributed by atoms with van der Waals surface area (Å²) in [5, 5.41) is 5.01. The second-order valence-corrected chi connectivity index (χ2v) is 13.1. The number of piperidine rings is 1. The Kier molecular flexibility index (Phi) is 7.07. The highest BCUT2D eigenvalue weighted by Crippen LogP contribution is 2.35. The van der Waals surface area contributed by atoms with Gasteiger partial charge < -0.3 is 19.4 Å². The maximum Gasteiger partial charge on any atom is 0.258 e. The van der Waals surface area contributed by atoms with Gasteiger partial charge in [-0.3, -0.25) is 4.79 Å². The van der Waals surface area contributed by atoms with Gasteiger partial charge in [0, 0.05) is 58.4 Å². The van der Waals surface area contributed by atoms with Crippen molar-refractivity contribution in [3.05, 3.63) is 47.2 Å². The number of likely N-dealkylation sites (N-methyl/N-ethyl adjacent to an activating group) is 1. The predicted octanol–water partition coefficient (Wildman–Crippen LogP) is 2.71. The van der Waals surface area contributed by atoms with Gasteiger partial charge in [-0.1, -0.05) is 11.6 Å². The molecule has 3 aliphatic rings. The molecule has 3 aliphatic heterocycles. The molecular weight excluding hydrogens is 530 g/mol. The Balaban J connectivity index is 1.48. The number of carbonyl (C=O) groups is 1. The molecule has 0 aliphatic carbocycles. The average molecular weight is 568 g/mol. The maximum absolute atomic E-state index is 14.1. The number of carbonyl (C=O) groups excluding carboxylic acids is 1. The molecule has 0 saturated carbocycles. The summed E-state index contributed by atoms with van der Waals surface area (Å²) < 4.78 is 34.7. The highest BCUT2D eigenvalue weighted by atomic mass is 32.2. The first-order chi connectivity index (χ1) is 19.2. The zero-order valence-electron chi connectivity index (χ0n) is 23.4. The number of anilines is 2. The lowest BCUT2D eigenvalue weighted by Crippen LogP contribution is -2.41. The molecular formula is C28H37N7O4S. The van der Waals surface area contributed by atoms with Crippen LogP contribution in [0.15, 0.2) is 30.3 Å². The van der Waals surface area contributed by atoms with Gasteiger partial charge in [-0.15, -0.1) is 0 Å². The summed E-state index contributed by atoms with van der Waals surface area (Å²) in [6, 6.07) is 9.44. The molecule has 0 N–H and O–H groups in total. The van der Waals surface area contributed by atoms with Crippen LogP contribution in [-0.4, -0.2) is 97.3 Å². The fourth-order valence-corrected chi connectivity index (χ4v) is 6.58. The van der Waals surface area contributed by atoms with Crippen molar-refractivity contribution in [1.29, 1.82) is 0 Å². The third kappa shape index (κ3) is 5.10. The highest BCUT2D eigenvalue weighted by Gasteiger charge is 2.33. The van der Waals surface area contributed by atoms with E-state index in [0.717, 1.165) is 67.3 Å². The summed E-state index contributed by atoms with van der Waals surface area (Å²) in [5.74, 6) is 2.10. The second kappa shape index (κ2) is 10.5. The molecule has 0 spiro atoms. The monoisotopic (exact) mass is 567 g/mol. The molecule has 2 saturated heterocycles. The standard InChI is InChI=1S/C28H37N7O4S/c1-20-8-9-24-21(17-20)28(36)34-12-5-4-7-23(34)22-18-26-29-25(32-10-6-11-32)19-27(35(26)30-22)31(2)13-14-33(15-16-39-24)40(3,37)38/h8-9,17-19,23H,4-7,10-16H2,1-3H3. The molecule has 5 heterocycles. The largest absolute Gasteiger partial charge is 0.491 e. The van der Waals surface area contributed by atoms with Crippen molar-refractivity contribution in [3.8, 4) is 5.75 Å². The molecule has 1 atom stereocenters. The fourth-order valence-electron chi connectivity index (χ4n) is 5.76. The van der Waals surface area contributed by atoms with Crippen LogP contribution in [0.1, 0.15) is 53.3 Å². The van der Waals surface area contributed by atoms with E-state index in [1.165, 1.54) is 10.6 Å². The number of sulfonamides is 1. The molecule has 1 unspecified atom stereocenters. The molecule has 2 fully saturated rings. The fraction of sp³-hybridized carbons (Fsp3) is 0.536. The first-order valence-electron chi connectivity index (χ1n) is 14.1. The van der Waals surface area contributed by atoms with Crippen molar-refractivity contribution in [2.75, 3.05) is 69.0 Å². The van der Waals surface area contributed by atoms with Gasteiger partial charge in [-0.25, -0.2) is 13.4 Å². The number of hydrogen-bond acceptors (Lipinski definition) is 8. The van der Waals surface area contributed by atoms with Crippen LogP contribution in [0.4, 0.5) is 11.6 Å². The van der Waals surface area contributed by atoms with Crippen molar-refractivity contribution >= 4 is 33.2 Å². The minimum absolute atomic E-state index is 0.0981. The Bertz CT molecular complexity index is 1530. The van der Waals surface area contributed by atoms with Crippen LogP contribution >= 0.6 is 0 Å². The van der Waals surface area contributed by atoms with Crippen LogP contribution < -0.4 is 14.5 Å². The average Bonchev–Trinajstić information content (AvgIpc) is 3.32. The number of ether oxygens (including phenoxy) is 1. The first-order valence-corrected chi connectivity index (χ1v) is 15.9. The van der Waals surface area contributed by atoms with Crippen molar-refractivity contribution in [2.24, 2.45) is 0 Å². The van der Waals surface area contributed by atoms with Gasteiger partial charge in [0.2, 0.25) is 10.0 Å². The number of hydrogen-bond donors (Lipinski definition) is 0. The molecule has 3 aromatic rings. The summed E-state index contributed by atoms with van der Waals surface area (Å²) >= 11 is 0. The zero-order valence-corrected chi connectivity index (χ0v) is 24.2. The topological polar surface area (TPSA) is 104 Å². The minimum Gasteiger partial charge on any atom is -0.491 e. The van der Waals surface area contributed by atoms with Crippen LogP contribution in [0.25, 0.3) is 5.65 Å². The van der Waals surface area contributed by atoms with E-state index in [4.69, 9.17) is 14.8 Å². The second-order valence-electron chi connectivity index (χ2n) is 11.1. The summed E-state index contributed by atoms with van der Waals surface area (Å²) in [7, 11) is -1.53. The molecule has 6 rings (SSSR count). The zero-order chi connectivity index (χ0) is 28.0. The van der Waals surface area contributed by atoms with Gasteiger partial charge in [0.25, 0.3) is 5.91 Å². The molecule has 40 heavy (non-hydrogen) atoms. The normalized spacial score (nSPS) is 21.2. The van der Waals surface area contributed by atoms with Crippen LogP contribution in [-0.2, 0) is 10.0 Å². The SMILES string of the molecule is Cc1ccc2c(c1)C(=O)N1CCCCC1c1cc3nc(N4CCC4)cc(n3n1)N(C)CCN(S(C)(=O)=O)CCO2. The van der Waals surface area contributed by atoms with Crippen molar-refractivity contribution in [3.63, 3.8) is 0 Å². The van der Waals surface area contributed by atoms with Crippen molar-refractivity contribution in [1.82, 2.24) is 23.8 Å². The lowest BCUT2D eigenvalue weighted by molar-refractivity contribution is 0.0601. The van der Waals surface area contributed by atoms with Gasteiger partial charge in [-0.05, 0) is 44.7 Å². The third-order valence-electron chi connectivity index (χ3n) is 8.21.